The van der Waals surface area contributed by atoms with Gasteiger partial charge in [-0.05, 0) is 50.8 Å². The summed E-state index contributed by atoms with van der Waals surface area (Å²) in [4.78, 5) is 19.3. The Morgan fingerprint density at radius 2 is 2.00 bits per heavy atom. The third-order valence-corrected chi connectivity index (χ3v) is 5.37. The highest BCUT2D eigenvalue weighted by atomic mass is 16.5. The van der Waals surface area contributed by atoms with Crippen LogP contribution in [0.1, 0.15) is 55.3 Å². The Morgan fingerprint density at radius 3 is 2.71 bits per heavy atom. The zero-order valence-electron chi connectivity index (χ0n) is 14.7. The summed E-state index contributed by atoms with van der Waals surface area (Å²) in [6, 6.07) is 3.81. The van der Waals surface area contributed by atoms with Crippen LogP contribution in [0.3, 0.4) is 0 Å². The maximum absolute atomic E-state index is 12.5. The van der Waals surface area contributed by atoms with Crippen LogP contribution in [-0.4, -0.2) is 48.6 Å². The molecule has 132 valence electrons. The molecule has 1 N–H and O–H groups in total. The van der Waals surface area contributed by atoms with E-state index in [4.69, 9.17) is 4.74 Å². The molecular weight excluding hydrogens is 302 g/mol. The van der Waals surface area contributed by atoms with E-state index in [2.05, 4.69) is 15.2 Å². The first-order chi connectivity index (χ1) is 11.8. The van der Waals surface area contributed by atoms with Crippen LogP contribution in [0, 0.1) is 5.92 Å². The molecule has 5 heteroatoms. The number of hydrogen-bond acceptors (Lipinski definition) is 4. The molecule has 1 aromatic rings. The van der Waals surface area contributed by atoms with Gasteiger partial charge in [-0.15, -0.1) is 0 Å². The van der Waals surface area contributed by atoms with Gasteiger partial charge in [0.1, 0.15) is 0 Å². The number of hydrogen-bond donors (Lipinski definition) is 1. The van der Waals surface area contributed by atoms with Crippen LogP contribution in [0.2, 0.25) is 0 Å². The van der Waals surface area contributed by atoms with Crippen molar-refractivity contribution in [3.05, 3.63) is 23.9 Å². The van der Waals surface area contributed by atoms with Crippen molar-refractivity contribution < 1.29 is 9.53 Å². The summed E-state index contributed by atoms with van der Waals surface area (Å²) in [5.41, 5.74) is 0.609. The lowest BCUT2D eigenvalue weighted by atomic mass is 9.83. The third kappa shape index (κ3) is 4.47. The number of ether oxygens (including phenoxy) is 1. The zero-order chi connectivity index (χ0) is 16.8. The van der Waals surface area contributed by atoms with E-state index in [0.717, 1.165) is 13.0 Å². The number of carbonyl (C=O) groups is 1. The summed E-state index contributed by atoms with van der Waals surface area (Å²) >= 11 is 0. The minimum Gasteiger partial charge on any atom is -0.481 e. The normalized spacial score (nSPS) is 25.2. The number of aromatic nitrogens is 1. The van der Waals surface area contributed by atoms with Crippen molar-refractivity contribution in [1.29, 1.82) is 0 Å². The number of nitrogens with one attached hydrogen (secondary N) is 1. The molecule has 0 bridgehead atoms. The predicted molar refractivity (Wildman–Crippen MR) is 94.3 cm³/mol. The van der Waals surface area contributed by atoms with Gasteiger partial charge in [-0.1, -0.05) is 19.3 Å². The number of amides is 1. The monoisotopic (exact) mass is 331 g/mol. The molecule has 24 heavy (non-hydrogen) atoms. The standard InChI is InChI=1S/C19H29N3O2/c1-24-18-10-9-15(13-20-18)19(23)21-17-8-4-3-7-16(17)14-22-11-5-2-6-12-22/h9-10,13,16-17H,2-8,11-12,14H2,1H3,(H,21,23). The van der Waals surface area contributed by atoms with E-state index in [1.165, 1.54) is 51.6 Å². The Labute approximate surface area is 144 Å². The lowest BCUT2D eigenvalue weighted by Crippen LogP contribution is -2.47. The molecule has 5 nitrogen and oxygen atoms in total. The molecule has 0 spiro atoms. The van der Waals surface area contributed by atoms with Crippen LogP contribution < -0.4 is 10.1 Å². The third-order valence-electron chi connectivity index (χ3n) is 5.37. The highest BCUT2D eigenvalue weighted by Gasteiger charge is 2.28. The number of nitrogens with zero attached hydrogens (tertiary/aromatic N) is 2. The van der Waals surface area contributed by atoms with Crippen molar-refractivity contribution in [3.8, 4) is 5.88 Å². The van der Waals surface area contributed by atoms with Crippen molar-refractivity contribution in [2.24, 2.45) is 5.92 Å². The average molecular weight is 331 g/mol. The molecule has 1 amide bonds. The van der Waals surface area contributed by atoms with Crippen LogP contribution in [0.5, 0.6) is 5.88 Å². The van der Waals surface area contributed by atoms with Crippen molar-refractivity contribution >= 4 is 5.91 Å². The molecule has 2 atom stereocenters. The van der Waals surface area contributed by atoms with Gasteiger partial charge in [0.05, 0.1) is 12.7 Å². The average Bonchev–Trinajstić information content (AvgIpc) is 2.64. The van der Waals surface area contributed by atoms with Gasteiger partial charge < -0.3 is 15.0 Å². The molecule has 0 radical (unpaired) electrons. The molecule has 1 aliphatic heterocycles. The van der Waals surface area contributed by atoms with E-state index in [1.54, 1.807) is 25.4 Å². The number of rotatable bonds is 5. The lowest BCUT2D eigenvalue weighted by Gasteiger charge is -2.37. The smallest absolute Gasteiger partial charge is 0.253 e. The summed E-state index contributed by atoms with van der Waals surface area (Å²) in [5, 5.41) is 3.27. The highest BCUT2D eigenvalue weighted by Crippen LogP contribution is 2.26. The fraction of sp³-hybridized carbons (Fsp3) is 0.684. The number of carbonyl (C=O) groups excluding carboxylic acids is 1. The summed E-state index contributed by atoms with van der Waals surface area (Å²) in [6.45, 7) is 3.57. The zero-order valence-corrected chi connectivity index (χ0v) is 14.7. The van der Waals surface area contributed by atoms with Crippen molar-refractivity contribution in [3.63, 3.8) is 0 Å². The Balaban J connectivity index is 1.58. The first-order valence-corrected chi connectivity index (χ1v) is 9.29. The molecule has 2 heterocycles. The minimum atomic E-state index is -0.0132. The summed E-state index contributed by atoms with van der Waals surface area (Å²) < 4.78 is 5.05. The molecule has 0 aromatic carbocycles. The van der Waals surface area contributed by atoms with Gasteiger partial charge in [-0.3, -0.25) is 4.79 Å². The van der Waals surface area contributed by atoms with E-state index in [0.29, 0.717) is 17.4 Å². The van der Waals surface area contributed by atoms with Gasteiger partial charge in [0.2, 0.25) is 5.88 Å². The second kappa shape index (κ2) is 8.47. The summed E-state index contributed by atoms with van der Waals surface area (Å²) in [5.74, 6) is 1.10. The maximum Gasteiger partial charge on any atom is 0.253 e. The number of pyridine rings is 1. The second-order valence-electron chi connectivity index (χ2n) is 7.07. The van der Waals surface area contributed by atoms with E-state index in [-0.39, 0.29) is 11.9 Å². The number of likely N-dealkylation sites (tertiary alicyclic amines) is 1. The van der Waals surface area contributed by atoms with Crippen LogP contribution in [0.15, 0.2) is 18.3 Å². The van der Waals surface area contributed by atoms with Gasteiger partial charge in [-0.25, -0.2) is 4.98 Å². The summed E-state index contributed by atoms with van der Waals surface area (Å²) in [7, 11) is 1.58. The van der Waals surface area contributed by atoms with E-state index in [9.17, 15) is 4.79 Å². The van der Waals surface area contributed by atoms with Gasteiger partial charge in [0.15, 0.2) is 0 Å². The molecular formula is C19H29N3O2. The Hall–Kier alpha value is -1.62. The van der Waals surface area contributed by atoms with Crippen molar-refractivity contribution in [2.45, 2.75) is 51.0 Å². The minimum absolute atomic E-state index is 0.0132. The summed E-state index contributed by atoms with van der Waals surface area (Å²) in [6.07, 6.45) is 10.4. The Bertz CT molecular complexity index is 526. The molecule has 2 aliphatic rings. The van der Waals surface area contributed by atoms with Gasteiger partial charge in [0, 0.05) is 24.8 Å². The topological polar surface area (TPSA) is 54.5 Å². The van der Waals surface area contributed by atoms with E-state index < -0.39 is 0 Å². The molecule has 1 saturated heterocycles. The first-order valence-electron chi connectivity index (χ1n) is 9.29. The molecule has 3 rings (SSSR count). The van der Waals surface area contributed by atoms with Crippen LogP contribution >= 0.6 is 0 Å². The van der Waals surface area contributed by atoms with E-state index in [1.807, 2.05) is 0 Å². The van der Waals surface area contributed by atoms with Gasteiger partial charge >= 0.3 is 0 Å². The Kier molecular flexibility index (Phi) is 6.07. The lowest BCUT2D eigenvalue weighted by molar-refractivity contribution is 0.0877. The van der Waals surface area contributed by atoms with Crippen LogP contribution in [0.25, 0.3) is 0 Å². The fourth-order valence-electron chi connectivity index (χ4n) is 3.98. The second-order valence-corrected chi connectivity index (χ2v) is 7.07. The number of piperidine rings is 1. The maximum atomic E-state index is 12.5. The molecule has 1 aliphatic carbocycles. The molecule has 1 saturated carbocycles. The van der Waals surface area contributed by atoms with Crippen LogP contribution in [0.4, 0.5) is 0 Å². The van der Waals surface area contributed by atoms with Gasteiger partial charge in [-0.2, -0.15) is 0 Å². The van der Waals surface area contributed by atoms with Crippen molar-refractivity contribution in [2.75, 3.05) is 26.7 Å². The first kappa shape index (κ1) is 17.2. The molecule has 1 aromatic heterocycles. The fourth-order valence-corrected chi connectivity index (χ4v) is 3.98. The van der Waals surface area contributed by atoms with Crippen molar-refractivity contribution in [1.82, 2.24) is 15.2 Å². The predicted octanol–water partition coefficient (Wildman–Crippen LogP) is 2.86. The van der Waals surface area contributed by atoms with Gasteiger partial charge in [0.25, 0.3) is 5.91 Å². The quantitative estimate of drug-likeness (QED) is 0.901. The van der Waals surface area contributed by atoms with E-state index >= 15 is 0 Å². The highest BCUT2D eigenvalue weighted by molar-refractivity contribution is 5.94. The van der Waals surface area contributed by atoms with Crippen LogP contribution in [-0.2, 0) is 0 Å². The molecule has 2 unspecified atom stereocenters. The number of methoxy groups -OCH3 is 1. The molecule has 2 fully saturated rings. The SMILES string of the molecule is COc1ccc(C(=O)NC2CCCCC2CN2CCCCC2)cn1. The largest absolute Gasteiger partial charge is 0.481 e. The Morgan fingerprint density at radius 1 is 1.21 bits per heavy atom.